The first-order valence-electron chi connectivity index (χ1n) is 11.6. The summed E-state index contributed by atoms with van der Waals surface area (Å²) in [6.45, 7) is 2.54. The van der Waals surface area contributed by atoms with Gasteiger partial charge in [0.1, 0.15) is 0 Å². The molecule has 2 saturated carbocycles. The molecule has 6 nitrogen and oxygen atoms in total. The van der Waals surface area contributed by atoms with E-state index in [4.69, 9.17) is 14.8 Å². The van der Waals surface area contributed by atoms with E-state index in [1.54, 1.807) is 19.2 Å². The topological polar surface area (TPSA) is 94.7 Å². The van der Waals surface area contributed by atoms with Gasteiger partial charge in [-0.1, -0.05) is 25.1 Å². The quantitative estimate of drug-likeness (QED) is 0.580. The molecule has 3 aliphatic carbocycles. The summed E-state index contributed by atoms with van der Waals surface area (Å²) in [5.74, 6) is 1.55. The summed E-state index contributed by atoms with van der Waals surface area (Å²) >= 11 is 0. The van der Waals surface area contributed by atoms with Gasteiger partial charge in [0.15, 0.2) is 11.5 Å². The third-order valence-electron chi connectivity index (χ3n) is 8.16. The van der Waals surface area contributed by atoms with Gasteiger partial charge in [-0.15, -0.1) is 0 Å². The lowest BCUT2D eigenvalue weighted by Gasteiger charge is -2.49. The van der Waals surface area contributed by atoms with Crippen molar-refractivity contribution in [3.63, 3.8) is 0 Å². The normalized spacial score (nSPS) is 29.8. The second kappa shape index (κ2) is 8.40. The van der Waals surface area contributed by atoms with Crippen molar-refractivity contribution in [2.24, 2.45) is 17.3 Å². The Bertz CT molecular complexity index is 1140. The lowest BCUT2D eigenvalue weighted by atomic mass is 9.56. The number of hydroxylamine groups is 1. The van der Waals surface area contributed by atoms with Crippen LogP contribution in [0.15, 0.2) is 42.5 Å². The van der Waals surface area contributed by atoms with Gasteiger partial charge in [0.25, 0.3) is 0 Å². The predicted octanol–water partition coefficient (Wildman–Crippen LogP) is 4.62. The first kappa shape index (κ1) is 21.8. The molecular weight excluding hydrogens is 416 g/mol. The maximum atomic E-state index is 10.7. The van der Waals surface area contributed by atoms with Crippen molar-refractivity contribution in [3.8, 4) is 17.6 Å². The minimum Gasteiger partial charge on any atom is -0.504 e. The maximum Gasteiger partial charge on any atom is 0.160 e. The molecule has 0 heterocycles. The number of ether oxygens (including phenoxy) is 1. The number of methoxy groups -OCH3 is 1. The standard InChI is InChI=1S/C27H30N2O4/c1-27-9-8-18-19-13-25(32-2)24(30)12-21(19)23(11-20(18)22(27)6-7-26(27)31)29-33-15-17-5-3-4-16(10-17)14-28/h3-5,10-13,18,20,22,26,29-31H,6-9,15H2,1-2H3/t18-,20-,22+,26+,27+/m1/s1. The van der Waals surface area contributed by atoms with Gasteiger partial charge in [0.2, 0.25) is 0 Å². The number of fused-ring (bicyclic) bond motifs is 5. The lowest BCUT2D eigenvalue weighted by molar-refractivity contribution is -0.00877. The van der Waals surface area contributed by atoms with Crippen LogP contribution in [0.5, 0.6) is 11.5 Å². The van der Waals surface area contributed by atoms with Crippen LogP contribution in [0.4, 0.5) is 0 Å². The molecule has 33 heavy (non-hydrogen) atoms. The van der Waals surface area contributed by atoms with E-state index < -0.39 is 0 Å². The van der Waals surface area contributed by atoms with Gasteiger partial charge in [-0.2, -0.15) is 5.26 Å². The van der Waals surface area contributed by atoms with E-state index in [0.717, 1.165) is 48.1 Å². The highest BCUT2D eigenvalue weighted by molar-refractivity contribution is 5.72. The second-order valence-corrected chi connectivity index (χ2v) is 9.82. The molecule has 2 fully saturated rings. The largest absolute Gasteiger partial charge is 0.504 e. The van der Waals surface area contributed by atoms with E-state index >= 15 is 0 Å². The molecule has 0 amide bonds. The molecule has 0 bridgehead atoms. The van der Waals surface area contributed by atoms with Gasteiger partial charge in [-0.25, -0.2) is 0 Å². The Labute approximate surface area is 194 Å². The molecule has 172 valence electrons. The second-order valence-electron chi connectivity index (χ2n) is 9.82. The number of hydrogen-bond donors (Lipinski definition) is 3. The number of hydrogen-bond acceptors (Lipinski definition) is 6. The Kier molecular flexibility index (Phi) is 5.55. The van der Waals surface area contributed by atoms with Crippen LogP contribution in [0, 0.1) is 28.6 Å². The molecule has 0 radical (unpaired) electrons. The number of nitrogens with zero attached hydrogens (tertiary/aromatic N) is 1. The Morgan fingerprint density at radius 3 is 2.85 bits per heavy atom. The van der Waals surface area contributed by atoms with Crippen LogP contribution in [-0.2, 0) is 11.4 Å². The van der Waals surface area contributed by atoms with Crippen molar-refractivity contribution < 1.29 is 19.8 Å². The van der Waals surface area contributed by atoms with E-state index in [1.807, 2.05) is 24.3 Å². The van der Waals surface area contributed by atoms with Crippen molar-refractivity contribution in [2.75, 3.05) is 7.11 Å². The number of nitrogens with one attached hydrogen (secondary N) is 1. The van der Waals surface area contributed by atoms with Crippen LogP contribution in [0.2, 0.25) is 0 Å². The number of aliphatic hydroxyl groups excluding tert-OH is 1. The summed E-state index contributed by atoms with van der Waals surface area (Å²) in [5, 5.41) is 30.3. The molecule has 5 rings (SSSR count). The fourth-order valence-corrected chi connectivity index (χ4v) is 6.35. The van der Waals surface area contributed by atoms with E-state index in [-0.39, 0.29) is 23.2 Å². The highest BCUT2D eigenvalue weighted by Crippen LogP contribution is 2.61. The Morgan fingerprint density at radius 1 is 1.21 bits per heavy atom. The van der Waals surface area contributed by atoms with Crippen molar-refractivity contribution in [1.82, 2.24) is 5.48 Å². The monoisotopic (exact) mass is 446 g/mol. The molecule has 3 N–H and O–H groups in total. The first-order valence-corrected chi connectivity index (χ1v) is 11.6. The summed E-state index contributed by atoms with van der Waals surface area (Å²) in [4.78, 5) is 5.86. The van der Waals surface area contributed by atoms with Crippen molar-refractivity contribution in [2.45, 2.75) is 51.2 Å². The summed E-state index contributed by atoms with van der Waals surface area (Å²) in [7, 11) is 1.57. The third-order valence-corrected chi connectivity index (χ3v) is 8.16. The maximum absolute atomic E-state index is 10.7. The fourth-order valence-electron chi connectivity index (χ4n) is 6.35. The van der Waals surface area contributed by atoms with E-state index in [9.17, 15) is 10.2 Å². The molecule has 0 aromatic heterocycles. The Morgan fingerprint density at radius 2 is 2.06 bits per heavy atom. The molecule has 0 spiro atoms. The van der Waals surface area contributed by atoms with Gasteiger partial charge < -0.3 is 14.9 Å². The molecule has 2 aromatic carbocycles. The molecular formula is C27H30N2O4. The van der Waals surface area contributed by atoms with Crippen LogP contribution in [0.1, 0.15) is 60.8 Å². The molecule has 5 atom stereocenters. The summed E-state index contributed by atoms with van der Waals surface area (Å²) < 4.78 is 5.42. The number of aliphatic hydroxyl groups is 1. The number of aromatic hydroxyl groups is 1. The van der Waals surface area contributed by atoms with E-state index in [2.05, 4.69) is 24.5 Å². The zero-order valence-corrected chi connectivity index (χ0v) is 19.0. The van der Waals surface area contributed by atoms with Crippen LogP contribution < -0.4 is 10.2 Å². The number of benzene rings is 2. The zero-order chi connectivity index (χ0) is 23.2. The van der Waals surface area contributed by atoms with E-state index in [0.29, 0.717) is 29.8 Å². The number of phenolic OH excluding ortho intramolecular Hbond substituents is 1. The molecule has 3 aliphatic rings. The summed E-state index contributed by atoms with van der Waals surface area (Å²) in [6, 6.07) is 13.2. The highest BCUT2D eigenvalue weighted by atomic mass is 16.6. The van der Waals surface area contributed by atoms with Gasteiger partial charge in [0, 0.05) is 5.56 Å². The van der Waals surface area contributed by atoms with Gasteiger partial charge >= 0.3 is 0 Å². The molecule has 6 heteroatoms. The number of nitriles is 1. The molecule has 2 aromatic rings. The van der Waals surface area contributed by atoms with Crippen LogP contribution in [0.25, 0.3) is 5.70 Å². The van der Waals surface area contributed by atoms with Gasteiger partial charge in [-0.05, 0) is 84.2 Å². The number of phenols is 1. The molecule has 0 saturated heterocycles. The van der Waals surface area contributed by atoms with Crippen LogP contribution in [0.3, 0.4) is 0 Å². The molecule has 0 aliphatic heterocycles. The Balaban J connectivity index is 1.46. The molecule has 0 unspecified atom stereocenters. The Hall–Kier alpha value is -3.01. The smallest absolute Gasteiger partial charge is 0.160 e. The minimum atomic E-state index is -0.257. The van der Waals surface area contributed by atoms with Crippen molar-refractivity contribution in [3.05, 3.63) is 64.7 Å². The summed E-state index contributed by atoms with van der Waals surface area (Å²) in [6.07, 6.45) is 5.82. The first-order chi connectivity index (χ1) is 15.9. The summed E-state index contributed by atoms with van der Waals surface area (Å²) in [5.41, 5.74) is 7.45. The van der Waals surface area contributed by atoms with Crippen LogP contribution >= 0.6 is 0 Å². The fraction of sp³-hybridized carbons (Fsp3) is 0.444. The average molecular weight is 447 g/mol. The van der Waals surface area contributed by atoms with Crippen molar-refractivity contribution >= 4 is 5.70 Å². The lowest BCUT2D eigenvalue weighted by Crippen LogP contribution is -2.43. The minimum absolute atomic E-state index is 0.0696. The zero-order valence-electron chi connectivity index (χ0n) is 19.0. The highest BCUT2D eigenvalue weighted by Gasteiger charge is 2.54. The number of rotatable bonds is 5. The van der Waals surface area contributed by atoms with Crippen LogP contribution in [-0.4, -0.2) is 23.4 Å². The van der Waals surface area contributed by atoms with Crippen molar-refractivity contribution in [1.29, 1.82) is 5.26 Å². The average Bonchev–Trinajstić information content (AvgIpc) is 3.13. The van der Waals surface area contributed by atoms with E-state index in [1.165, 1.54) is 0 Å². The van der Waals surface area contributed by atoms with Gasteiger partial charge in [0.05, 0.1) is 37.2 Å². The number of allylic oxidation sites excluding steroid dienone is 1. The predicted molar refractivity (Wildman–Crippen MR) is 124 cm³/mol. The third kappa shape index (κ3) is 3.66. The van der Waals surface area contributed by atoms with Gasteiger partial charge in [-0.3, -0.25) is 10.3 Å². The SMILES string of the molecule is COc1cc2c(cc1O)C(NOCc1cccc(C#N)c1)=C[C@@H]1[C@@H]2CC[C@]2(C)[C@@H](O)CC[C@@H]12.